The average Bonchev–Trinajstić information content (AvgIpc) is 2.90. The molecule has 0 aromatic carbocycles. The minimum absolute atomic E-state index is 0.00630. The van der Waals surface area contributed by atoms with Gasteiger partial charge in [0.25, 0.3) is 0 Å². The predicted octanol–water partition coefficient (Wildman–Crippen LogP) is 1.07. The summed E-state index contributed by atoms with van der Waals surface area (Å²) in [5.41, 5.74) is 0. The van der Waals surface area contributed by atoms with Gasteiger partial charge in [-0.2, -0.15) is 0 Å². The van der Waals surface area contributed by atoms with Crippen LogP contribution in [0.15, 0.2) is 0 Å². The molecule has 0 aromatic rings. The topological polar surface area (TPSA) is 58.6 Å². The smallest absolute Gasteiger partial charge is 0.246 e. The zero-order chi connectivity index (χ0) is 13.8. The Balaban J connectivity index is 2.18. The molecule has 1 N–H and O–H groups in total. The van der Waals surface area contributed by atoms with E-state index in [2.05, 4.69) is 5.32 Å². The predicted molar refractivity (Wildman–Crippen MR) is 71.6 cm³/mol. The molecule has 108 valence electrons. The number of hydrogen-bond donors (Lipinski definition) is 1. The van der Waals surface area contributed by atoms with Crippen LogP contribution in [0.5, 0.6) is 0 Å². The normalized spacial score (nSPS) is 31.7. The summed E-state index contributed by atoms with van der Waals surface area (Å²) in [6, 6.07) is -0.571. The zero-order valence-electron chi connectivity index (χ0n) is 11.9. The lowest BCUT2D eigenvalue weighted by Gasteiger charge is -2.42. The van der Waals surface area contributed by atoms with Crippen LogP contribution in [0.4, 0.5) is 0 Å². The Kier molecular flexibility index (Phi) is 4.80. The van der Waals surface area contributed by atoms with Gasteiger partial charge in [-0.1, -0.05) is 26.7 Å². The first-order valence-corrected chi connectivity index (χ1v) is 7.39. The average molecular weight is 268 g/mol. The molecule has 2 aliphatic rings. The maximum absolute atomic E-state index is 12.6. The van der Waals surface area contributed by atoms with E-state index in [-0.39, 0.29) is 29.9 Å². The molecule has 0 aliphatic carbocycles. The molecule has 0 spiro atoms. The highest BCUT2D eigenvalue weighted by Crippen LogP contribution is 2.24. The molecule has 2 fully saturated rings. The second-order valence-electron chi connectivity index (χ2n) is 5.42. The fraction of sp³-hybridized carbons (Fsp3) is 0.857. The minimum atomic E-state index is -0.341. The van der Waals surface area contributed by atoms with Crippen molar-refractivity contribution in [2.24, 2.45) is 0 Å². The standard InChI is InChI=1S/C14H24N2O3/c1-3-5-11-14(18)16(10-7-8-19-9-10)12(6-4-2)13(17)15-11/h10-12H,3-9H2,1-2H3,(H,15,17). The van der Waals surface area contributed by atoms with Gasteiger partial charge in [-0.15, -0.1) is 0 Å². The van der Waals surface area contributed by atoms with Crippen molar-refractivity contribution >= 4 is 11.8 Å². The highest BCUT2D eigenvalue weighted by atomic mass is 16.5. The fourth-order valence-corrected chi connectivity index (χ4v) is 2.99. The third kappa shape index (κ3) is 2.91. The molecular weight excluding hydrogens is 244 g/mol. The molecule has 2 aliphatic heterocycles. The van der Waals surface area contributed by atoms with Crippen molar-refractivity contribution in [3.63, 3.8) is 0 Å². The van der Waals surface area contributed by atoms with Crippen molar-refractivity contribution in [3.8, 4) is 0 Å². The van der Waals surface area contributed by atoms with Gasteiger partial charge in [-0.05, 0) is 19.3 Å². The Morgan fingerprint density at radius 1 is 1.26 bits per heavy atom. The van der Waals surface area contributed by atoms with Gasteiger partial charge in [-0.3, -0.25) is 9.59 Å². The second kappa shape index (κ2) is 6.37. The Bertz CT molecular complexity index is 340. The van der Waals surface area contributed by atoms with E-state index in [1.165, 1.54) is 0 Å². The molecule has 19 heavy (non-hydrogen) atoms. The Hall–Kier alpha value is -1.10. The zero-order valence-corrected chi connectivity index (χ0v) is 11.9. The van der Waals surface area contributed by atoms with E-state index in [0.29, 0.717) is 19.6 Å². The molecular formula is C14H24N2O3. The van der Waals surface area contributed by atoms with Gasteiger partial charge in [0.05, 0.1) is 12.6 Å². The van der Waals surface area contributed by atoms with E-state index in [0.717, 1.165) is 25.7 Å². The molecule has 2 saturated heterocycles. The number of ether oxygens (including phenoxy) is 1. The summed E-state index contributed by atoms with van der Waals surface area (Å²) in [4.78, 5) is 26.6. The number of rotatable bonds is 5. The van der Waals surface area contributed by atoms with Gasteiger partial charge in [0.1, 0.15) is 12.1 Å². The van der Waals surface area contributed by atoms with Gasteiger partial charge in [0.15, 0.2) is 0 Å². The van der Waals surface area contributed by atoms with E-state index in [1.807, 2.05) is 18.7 Å². The third-order valence-electron chi connectivity index (χ3n) is 3.95. The van der Waals surface area contributed by atoms with E-state index in [4.69, 9.17) is 4.74 Å². The molecule has 2 amide bonds. The van der Waals surface area contributed by atoms with Crippen LogP contribution in [0.25, 0.3) is 0 Å². The van der Waals surface area contributed by atoms with Crippen molar-refractivity contribution in [2.75, 3.05) is 13.2 Å². The van der Waals surface area contributed by atoms with Gasteiger partial charge in [0, 0.05) is 6.61 Å². The molecule has 5 heteroatoms. The van der Waals surface area contributed by atoms with Crippen molar-refractivity contribution in [2.45, 2.75) is 64.1 Å². The first-order valence-electron chi connectivity index (χ1n) is 7.39. The maximum atomic E-state index is 12.6. The number of hydrogen-bond acceptors (Lipinski definition) is 3. The highest BCUT2D eigenvalue weighted by Gasteiger charge is 2.43. The first kappa shape index (κ1) is 14.3. The monoisotopic (exact) mass is 268 g/mol. The van der Waals surface area contributed by atoms with Crippen molar-refractivity contribution in [1.29, 1.82) is 0 Å². The number of amides is 2. The quantitative estimate of drug-likeness (QED) is 0.811. The lowest BCUT2D eigenvalue weighted by Crippen LogP contribution is -2.65. The largest absolute Gasteiger partial charge is 0.379 e. The molecule has 2 rings (SSSR count). The summed E-state index contributed by atoms with van der Waals surface area (Å²) >= 11 is 0. The summed E-state index contributed by atoms with van der Waals surface area (Å²) in [7, 11) is 0. The van der Waals surface area contributed by atoms with Crippen molar-refractivity contribution < 1.29 is 14.3 Å². The third-order valence-corrected chi connectivity index (χ3v) is 3.95. The van der Waals surface area contributed by atoms with E-state index in [1.54, 1.807) is 0 Å². The summed E-state index contributed by atoms with van der Waals surface area (Å²) < 4.78 is 5.39. The maximum Gasteiger partial charge on any atom is 0.246 e. The SMILES string of the molecule is CCCC1NC(=O)C(CCC)N(C2CCOC2)C1=O. The van der Waals surface area contributed by atoms with Crippen LogP contribution in [0.2, 0.25) is 0 Å². The Labute approximate surface area is 114 Å². The summed E-state index contributed by atoms with van der Waals surface area (Å²) in [5, 5.41) is 2.88. The fourth-order valence-electron chi connectivity index (χ4n) is 2.99. The van der Waals surface area contributed by atoms with Crippen molar-refractivity contribution in [3.05, 3.63) is 0 Å². The van der Waals surface area contributed by atoms with E-state index >= 15 is 0 Å². The van der Waals surface area contributed by atoms with Crippen LogP contribution in [-0.2, 0) is 14.3 Å². The van der Waals surface area contributed by atoms with E-state index in [9.17, 15) is 9.59 Å². The van der Waals surface area contributed by atoms with Crippen LogP contribution in [0.1, 0.15) is 46.0 Å². The van der Waals surface area contributed by atoms with Gasteiger partial charge in [-0.25, -0.2) is 0 Å². The molecule has 0 radical (unpaired) electrons. The number of piperazine rings is 1. The molecule has 3 unspecified atom stereocenters. The lowest BCUT2D eigenvalue weighted by atomic mass is 9.98. The summed E-state index contributed by atoms with van der Waals surface area (Å²) in [6.07, 6.45) is 4.08. The van der Waals surface area contributed by atoms with Gasteiger partial charge < -0.3 is 15.0 Å². The lowest BCUT2D eigenvalue weighted by molar-refractivity contribution is -0.152. The van der Waals surface area contributed by atoms with Gasteiger partial charge >= 0.3 is 0 Å². The number of nitrogens with one attached hydrogen (secondary N) is 1. The Morgan fingerprint density at radius 2 is 2.00 bits per heavy atom. The van der Waals surface area contributed by atoms with Crippen LogP contribution in [0, 0.1) is 0 Å². The minimum Gasteiger partial charge on any atom is -0.379 e. The summed E-state index contributed by atoms with van der Waals surface area (Å²) in [5.74, 6) is 0.0854. The molecule has 5 nitrogen and oxygen atoms in total. The number of carbonyl (C=O) groups excluding carboxylic acids is 2. The molecule has 3 atom stereocenters. The molecule has 0 aromatic heterocycles. The molecule has 2 heterocycles. The summed E-state index contributed by atoms with van der Waals surface area (Å²) in [6.45, 7) is 5.32. The first-order chi connectivity index (χ1) is 9.19. The van der Waals surface area contributed by atoms with Crippen LogP contribution >= 0.6 is 0 Å². The molecule has 0 saturated carbocycles. The van der Waals surface area contributed by atoms with Crippen LogP contribution in [-0.4, -0.2) is 48.1 Å². The van der Waals surface area contributed by atoms with E-state index < -0.39 is 0 Å². The number of carbonyl (C=O) groups is 2. The van der Waals surface area contributed by atoms with Crippen LogP contribution < -0.4 is 5.32 Å². The van der Waals surface area contributed by atoms with Crippen molar-refractivity contribution in [1.82, 2.24) is 10.2 Å². The van der Waals surface area contributed by atoms with Gasteiger partial charge in [0.2, 0.25) is 11.8 Å². The number of nitrogens with zero attached hydrogens (tertiary/aromatic N) is 1. The van der Waals surface area contributed by atoms with Crippen LogP contribution in [0.3, 0.4) is 0 Å². The molecule has 0 bridgehead atoms. The highest BCUT2D eigenvalue weighted by molar-refractivity contribution is 5.97. The second-order valence-corrected chi connectivity index (χ2v) is 5.42. The Morgan fingerprint density at radius 3 is 2.58 bits per heavy atom.